The van der Waals surface area contributed by atoms with Crippen molar-refractivity contribution in [3.63, 3.8) is 0 Å². The molecule has 4 nitrogen and oxygen atoms in total. The number of para-hydroxylation sites is 1. The number of hydrogen-bond acceptors (Lipinski definition) is 2. The molecule has 5 heteroatoms. The van der Waals surface area contributed by atoms with Crippen LogP contribution in [0, 0.1) is 13.8 Å². The van der Waals surface area contributed by atoms with Crippen molar-refractivity contribution < 1.29 is 4.79 Å². The van der Waals surface area contributed by atoms with E-state index in [1.54, 1.807) is 0 Å². The summed E-state index contributed by atoms with van der Waals surface area (Å²) >= 11 is 3.39. The molecule has 0 saturated carbocycles. The van der Waals surface area contributed by atoms with Crippen molar-refractivity contribution in [3.05, 3.63) is 46.2 Å². The summed E-state index contributed by atoms with van der Waals surface area (Å²) in [5, 5.41) is 6.94. The van der Waals surface area contributed by atoms with E-state index >= 15 is 0 Å². The van der Waals surface area contributed by atoms with Crippen molar-refractivity contribution >= 4 is 27.6 Å². The molecule has 0 radical (unpaired) electrons. The van der Waals surface area contributed by atoms with Gasteiger partial charge in [0.05, 0.1) is 15.9 Å². The topological polar surface area (TPSA) is 46.9 Å². The number of nitrogens with zero attached hydrogens (tertiary/aromatic N) is 2. The van der Waals surface area contributed by atoms with Gasteiger partial charge in [-0.25, -0.2) is 4.79 Å². The maximum atomic E-state index is 12.0. The van der Waals surface area contributed by atoms with E-state index in [0.717, 1.165) is 21.5 Å². The quantitative estimate of drug-likeness (QED) is 0.876. The first-order chi connectivity index (χ1) is 8.09. The number of aryl methyl sites for hydroxylation is 1. The summed E-state index contributed by atoms with van der Waals surface area (Å²) in [4.78, 5) is 12.0. The highest BCUT2D eigenvalue weighted by molar-refractivity contribution is 9.10. The van der Waals surface area contributed by atoms with E-state index < -0.39 is 0 Å². The molecule has 0 saturated heterocycles. The van der Waals surface area contributed by atoms with Gasteiger partial charge in [-0.3, -0.25) is 0 Å². The number of amides is 1. The van der Waals surface area contributed by atoms with Crippen LogP contribution in [0.2, 0.25) is 0 Å². The summed E-state index contributed by atoms with van der Waals surface area (Å²) in [6, 6.07) is 9.04. The van der Waals surface area contributed by atoms with Crippen molar-refractivity contribution in [1.82, 2.24) is 9.78 Å². The molecule has 17 heavy (non-hydrogen) atoms. The van der Waals surface area contributed by atoms with Gasteiger partial charge in [0.1, 0.15) is 0 Å². The predicted octanol–water partition coefficient (Wildman–Crippen LogP) is 3.34. The van der Waals surface area contributed by atoms with E-state index in [1.165, 1.54) is 4.68 Å². The van der Waals surface area contributed by atoms with Crippen LogP contribution in [-0.4, -0.2) is 15.8 Å². The molecular formula is C12H12BrN3O. The molecule has 1 amide bonds. The number of hydrogen-bond donors (Lipinski definition) is 1. The second-order valence-corrected chi connectivity index (χ2v) is 4.49. The van der Waals surface area contributed by atoms with Crippen LogP contribution in [0.15, 0.2) is 34.8 Å². The lowest BCUT2D eigenvalue weighted by Crippen LogP contribution is -2.21. The molecule has 1 aromatic heterocycles. The summed E-state index contributed by atoms with van der Waals surface area (Å²) < 4.78 is 2.22. The highest BCUT2D eigenvalue weighted by Crippen LogP contribution is 2.20. The van der Waals surface area contributed by atoms with Crippen molar-refractivity contribution in [2.75, 3.05) is 5.32 Å². The van der Waals surface area contributed by atoms with Crippen LogP contribution in [-0.2, 0) is 0 Å². The highest BCUT2D eigenvalue weighted by atomic mass is 79.9. The highest BCUT2D eigenvalue weighted by Gasteiger charge is 2.14. The number of benzene rings is 1. The second-order valence-electron chi connectivity index (χ2n) is 3.69. The van der Waals surface area contributed by atoms with E-state index in [1.807, 2.05) is 44.2 Å². The number of nitrogens with one attached hydrogen (secondary N) is 1. The van der Waals surface area contributed by atoms with E-state index in [9.17, 15) is 4.79 Å². The summed E-state index contributed by atoms with van der Waals surface area (Å²) in [5.41, 5.74) is 2.34. The Balaban J connectivity index is 2.24. The van der Waals surface area contributed by atoms with Crippen LogP contribution in [0.25, 0.3) is 0 Å². The third-order valence-electron chi connectivity index (χ3n) is 2.42. The van der Waals surface area contributed by atoms with Crippen molar-refractivity contribution in [1.29, 1.82) is 0 Å². The van der Waals surface area contributed by atoms with Gasteiger partial charge in [-0.1, -0.05) is 18.2 Å². The van der Waals surface area contributed by atoms with Crippen molar-refractivity contribution in [3.8, 4) is 0 Å². The molecule has 2 aromatic rings. The standard InChI is InChI=1S/C12H12BrN3O/c1-8-11(13)9(2)16(15-8)12(17)14-10-6-4-3-5-7-10/h3-7H,1-2H3,(H,14,17). The third kappa shape index (κ3) is 2.39. The van der Waals surface area contributed by atoms with Gasteiger partial charge in [-0.15, -0.1) is 0 Å². The molecule has 0 unspecified atom stereocenters. The fourth-order valence-corrected chi connectivity index (χ4v) is 1.77. The molecule has 0 bridgehead atoms. The van der Waals surface area contributed by atoms with Gasteiger partial charge < -0.3 is 5.32 Å². The van der Waals surface area contributed by atoms with Crippen LogP contribution >= 0.6 is 15.9 Å². The molecule has 0 fully saturated rings. The zero-order valence-electron chi connectivity index (χ0n) is 9.57. The van der Waals surface area contributed by atoms with Gasteiger partial charge >= 0.3 is 6.03 Å². The summed E-state index contributed by atoms with van der Waals surface area (Å²) in [6.07, 6.45) is 0. The molecule has 1 heterocycles. The lowest BCUT2D eigenvalue weighted by atomic mass is 10.3. The lowest BCUT2D eigenvalue weighted by molar-refractivity contribution is 0.250. The number of aromatic nitrogens is 2. The molecule has 1 aromatic carbocycles. The van der Waals surface area contributed by atoms with E-state index in [2.05, 4.69) is 26.3 Å². The predicted molar refractivity (Wildman–Crippen MR) is 70.3 cm³/mol. The van der Waals surface area contributed by atoms with Crippen LogP contribution in [0.1, 0.15) is 11.4 Å². The Hall–Kier alpha value is -1.62. The Morgan fingerprint density at radius 3 is 2.47 bits per heavy atom. The van der Waals surface area contributed by atoms with E-state index in [-0.39, 0.29) is 6.03 Å². The Kier molecular flexibility index (Phi) is 3.28. The first kappa shape index (κ1) is 11.9. The molecule has 2 rings (SSSR count). The fourth-order valence-electron chi connectivity index (χ4n) is 1.52. The van der Waals surface area contributed by atoms with Crippen LogP contribution in [0.5, 0.6) is 0 Å². The lowest BCUT2D eigenvalue weighted by Gasteiger charge is -2.05. The SMILES string of the molecule is Cc1nn(C(=O)Nc2ccccc2)c(C)c1Br. The first-order valence-electron chi connectivity index (χ1n) is 5.17. The zero-order valence-corrected chi connectivity index (χ0v) is 11.2. The summed E-state index contributed by atoms with van der Waals surface area (Å²) in [7, 11) is 0. The number of carbonyl (C=O) groups is 1. The monoisotopic (exact) mass is 293 g/mol. The smallest absolute Gasteiger partial charge is 0.306 e. The fraction of sp³-hybridized carbons (Fsp3) is 0.167. The minimum Gasteiger partial charge on any atom is -0.306 e. The molecule has 0 atom stereocenters. The molecule has 0 spiro atoms. The van der Waals surface area contributed by atoms with E-state index in [0.29, 0.717) is 0 Å². The molecule has 88 valence electrons. The average Bonchev–Trinajstić information content (AvgIpc) is 2.58. The second kappa shape index (κ2) is 4.71. The van der Waals surface area contributed by atoms with Crippen molar-refractivity contribution in [2.45, 2.75) is 13.8 Å². The van der Waals surface area contributed by atoms with Crippen LogP contribution in [0.3, 0.4) is 0 Å². The van der Waals surface area contributed by atoms with Gasteiger partial charge in [-0.2, -0.15) is 9.78 Å². The normalized spacial score (nSPS) is 10.3. The van der Waals surface area contributed by atoms with Gasteiger partial charge in [0.25, 0.3) is 0 Å². The molecular weight excluding hydrogens is 282 g/mol. The Labute approximate surface area is 108 Å². The summed E-state index contributed by atoms with van der Waals surface area (Å²) in [6.45, 7) is 3.69. The Bertz CT molecular complexity index is 548. The van der Waals surface area contributed by atoms with E-state index in [4.69, 9.17) is 0 Å². The van der Waals surface area contributed by atoms with Gasteiger partial charge in [0, 0.05) is 5.69 Å². The molecule has 0 aliphatic heterocycles. The summed E-state index contributed by atoms with van der Waals surface area (Å²) in [5.74, 6) is 0. The maximum Gasteiger partial charge on any atom is 0.346 e. The molecule has 1 N–H and O–H groups in total. The molecule has 0 aliphatic carbocycles. The van der Waals surface area contributed by atoms with Crippen LogP contribution in [0.4, 0.5) is 10.5 Å². The number of rotatable bonds is 1. The minimum absolute atomic E-state index is 0.262. The Morgan fingerprint density at radius 2 is 1.94 bits per heavy atom. The Morgan fingerprint density at radius 1 is 1.29 bits per heavy atom. The van der Waals surface area contributed by atoms with Gasteiger partial charge in [0.15, 0.2) is 0 Å². The largest absolute Gasteiger partial charge is 0.346 e. The number of halogens is 1. The number of anilines is 1. The minimum atomic E-state index is -0.262. The first-order valence-corrected chi connectivity index (χ1v) is 5.97. The molecule has 0 aliphatic rings. The van der Waals surface area contributed by atoms with Crippen LogP contribution < -0.4 is 5.32 Å². The average molecular weight is 294 g/mol. The maximum absolute atomic E-state index is 12.0. The third-order valence-corrected chi connectivity index (χ3v) is 3.57. The van der Waals surface area contributed by atoms with Gasteiger partial charge in [-0.05, 0) is 41.9 Å². The zero-order chi connectivity index (χ0) is 12.4. The van der Waals surface area contributed by atoms with Gasteiger partial charge in [0.2, 0.25) is 0 Å². The van der Waals surface area contributed by atoms with Crippen molar-refractivity contribution in [2.24, 2.45) is 0 Å². The number of carbonyl (C=O) groups excluding carboxylic acids is 1.